The molecular weight excluding hydrogens is 314 g/mol. The molecule has 0 saturated heterocycles. The minimum atomic E-state index is -0.0824. The van der Waals surface area contributed by atoms with Crippen molar-refractivity contribution in [3.8, 4) is 0 Å². The lowest BCUT2D eigenvalue weighted by molar-refractivity contribution is 0.0850. The molecule has 0 aromatic heterocycles. The Morgan fingerprint density at radius 1 is 1.50 bits per heavy atom. The molecule has 0 heterocycles. The van der Waals surface area contributed by atoms with Crippen LogP contribution in [0.4, 0.5) is 0 Å². The maximum atomic E-state index is 12.1. The van der Waals surface area contributed by atoms with E-state index in [1.54, 1.807) is 12.1 Å². The van der Waals surface area contributed by atoms with E-state index >= 15 is 0 Å². The lowest BCUT2D eigenvalue weighted by Crippen LogP contribution is -2.41. The van der Waals surface area contributed by atoms with Gasteiger partial charge in [-0.3, -0.25) is 4.79 Å². The number of halogens is 2. The van der Waals surface area contributed by atoms with Crippen LogP contribution in [0.2, 0.25) is 5.02 Å². The molecule has 0 unspecified atom stereocenters. The predicted octanol–water partition coefficient (Wildman–Crippen LogP) is 4.41. The van der Waals surface area contributed by atoms with Crippen LogP contribution in [0.15, 0.2) is 22.7 Å². The molecule has 1 aliphatic carbocycles. The summed E-state index contributed by atoms with van der Waals surface area (Å²) >= 11 is 9.40. The van der Waals surface area contributed by atoms with E-state index in [2.05, 4.69) is 28.2 Å². The van der Waals surface area contributed by atoms with Crippen LogP contribution in [-0.4, -0.2) is 12.5 Å². The van der Waals surface area contributed by atoms with Crippen LogP contribution in [0.1, 0.15) is 43.0 Å². The van der Waals surface area contributed by atoms with Crippen LogP contribution < -0.4 is 5.32 Å². The third kappa shape index (κ3) is 2.89. The Balaban J connectivity index is 2.01. The molecule has 18 heavy (non-hydrogen) atoms. The fourth-order valence-corrected chi connectivity index (χ4v) is 2.93. The number of carbonyl (C=O) groups is 1. The number of rotatable bonds is 4. The van der Waals surface area contributed by atoms with Gasteiger partial charge in [-0.15, -0.1) is 0 Å². The highest BCUT2D eigenvalue weighted by atomic mass is 79.9. The minimum Gasteiger partial charge on any atom is -0.351 e. The van der Waals surface area contributed by atoms with Gasteiger partial charge in [0.2, 0.25) is 0 Å². The van der Waals surface area contributed by atoms with Crippen LogP contribution in [-0.2, 0) is 0 Å². The maximum absolute atomic E-state index is 12.1. The van der Waals surface area contributed by atoms with Crippen molar-refractivity contribution in [3.63, 3.8) is 0 Å². The summed E-state index contributed by atoms with van der Waals surface area (Å²) in [5.74, 6) is -0.0824. The summed E-state index contributed by atoms with van der Waals surface area (Å²) in [5.41, 5.74) is 0.866. The first-order chi connectivity index (χ1) is 8.56. The van der Waals surface area contributed by atoms with Gasteiger partial charge in [-0.05, 0) is 42.9 Å². The second kappa shape index (κ2) is 5.62. The number of hydrogen-bond donors (Lipinski definition) is 1. The van der Waals surface area contributed by atoms with Gasteiger partial charge < -0.3 is 5.32 Å². The molecule has 0 radical (unpaired) electrons. The summed E-state index contributed by atoms with van der Waals surface area (Å²) in [6, 6.07) is 5.33. The van der Waals surface area contributed by atoms with Crippen LogP contribution >= 0.6 is 27.5 Å². The maximum Gasteiger partial charge on any atom is 0.252 e. The highest BCUT2D eigenvalue weighted by molar-refractivity contribution is 9.10. The van der Waals surface area contributed by atoms with Gasteiger partial charge in [-0.1, -0.05) is 40.9 Å². The van der Waals surface area contributed by atoms with Gasteiger partial charge in [0.05, 0.1) is 10.6 Å². The largest absolute Gasteiger partial charge is 0.351 e. The molecule has 0 bridgehead atoms. The lowest BCUT2D eigenvalue weighted by Gasteiger charge is -2.41. The van der Waals surface area contributed by atoms with Gasteiger partial charge in [0.15, 0.2) is 0 Å². The molecular formula is C14H17BrClNO. The average molecular weight is 331 g/mol. The van der Waals surface area contributed by atoms with E-state index in [0.29, 0.717) is 16.0 Å². The topological polar surface area (TPSA) is 29.1 Å². The third-order valence-electron chi connectivity index (χ3n) is 3.96. The molecule has 0 aliphatic heterocycles. The van der Waals surface area contributed by atoms with Crippen LogP contribution in [0.25, 0.3) is 0 Å². The monoisotopic (exact) mass is 329 g/mol. The molecule has 98 valence electrons. The first-order valence-electron chi connectivity index (χ1n) is 6.29. The Bertz CT molecular complexity index is 452. The Kier molecular flexibility index (Phi) is 4.33. The fourth-order valence-electron chi connectivity index (χ4n) is 2.37. The molecule has 1 fully saturated rings. The van der Waals surface area contributed by atoms with E-state index in [-0.39, 0.29) is 5.91 Å². The van der Waals surface area contributed by atoms with Crippen molar-refractivity contribution in [1.82, 2.24) is 5.32 Å². The van der Waals surface area contributed by atoms with E-state index in [9.17, 15) is 4.79 Å². The molecule has 1 amide bonds. The normalized spacial score (nSPS) is 17.1. The molecule has 1 aliphatic rings. The van der Waals surface area contributed by atoms with E-state index in [0.717, 1.165) is 17.4 Å². The average Bonchev–Trinajstić information content (AvgIpc) is 2.31. The number of benzene rings is 1. The van der Waals surface area contributed by atoms with E-state index in [1.807, 2.05) is 6.07 Å². The van der Waals surface area contributed by atoms with E-state index in [4.69, 9.17) is 11.6 Å². The van der Waals surface area contributed by atoms with E-state index < -0.39 is 0 Å². The quantitative estimate of drug-likeness (QED) is 0.870. The summed E-state index contributed by atoms with van der Waals surface area (Å²) in [6.45, 7) is 2.95. The number of nitrogens with one attached hydrogen (secondary N) is 1. The van der Waals surface area contributed by atoms with Crippen molar-refractivity contribution in [2.24, 2.45) is 5.41 Å². The minimum absolute atomic E-state index is 0.0824. The zero-order valence-electron chi connectivity index (χ0n) is 10.4. The predicted molar refractivity (Wildman–Crippen MR) is 78.1 cm³/mol. The first-order valence-corrected chi connectivity index (χ1v) is 7.47. The van der Waals surface area contributed by atoms with Gasteiger partial charge >= 0.3 is 0 Å². The summed E-state index contributed by atoms with van der Waals surface area (Å²) < 4.78 is 0.867. The van der Waals surface area contributed by atoms with Gasteiger partial charge in [0.25, 0.3) is 5.91 Å². The molecule has 0 atom stereocenters. The zero-order valence-corrected chi connectivity index (χ0v) is 12.8. The first kappa shape index (κ1) is 13.9. The Morgan fingerprint density at radius 3 is 2.78 bits per heavy atom. The molecule has 1 N–H and O–H groups in total. The van der Waals surface area contributed by atoms with Crippen LogP contribution in [0.5, 0.6) is 0 Å². The molecule has 4 heteroatoms. The van der Waals surface area contributed by atoms with Crippen molar-refractivity contribution in [1.29, 1.82) is 0 Å². The number of hydrogen-bond acceptors (Lipinski definition) is 1. The molecule has 2 rings (SSSR count). The smallest absolute Gasteiger partial charge is 0.252 e. The van der Waals surface area contributed by atoms with Gasteiger partial charge in [0.1, 0.15) is 0 Å². The Hall–Kier alpha value is -0.540. The Morgan fingerprint density at radius 2 is 2.22 bits per heavy atom. The van der Waals surface area contributed by atoms with Crippen molar-refractivity contribution in [3.05, 3.63) is 33.3 Å². The van der Waals surface area contributed by atoms with Crippen molar-refractivity contribution in [2.75, 3.05) is 6.54 Å². The molecule has 0 spiro atoms. The van der Waals surface area contributed by atoms with Gasteiger partial charge in [-0.2, -0.15) is 0 Å². The van der Waals surface area contributed by atoms with Crippen LogP contribution in [0, 0.1) is 5.41 Å². The van der Waals surface area contributed by atoms with Gasteiger partial charge in [-0.25, -0.2) is 0 Å². The van der Waals surface area contributed by atoms with Crippen molar-refractivity contribution < 1.29 is 4.79 Å². The third-order valence-corrected chi connectivity index (χ3v) is 4.78. The van der Waals surface area contributed by atoms with Crippen molar-refractivity contribution in [2.45, 2.75) is 32.6 Å². The molecule has 1 saturated carbocycles. The SMILES string of the molecule is CCC1(CNC(=O)c2cc(Br)ccc2Cl)CCC1. The van der Waals surface area contributed by atoms with Crippen LogP contribution in [0.3, 0.4) is 0 Å². The number of carbonyl (C=O) groups excluding carboxylic acids is 1. The summed E-state index contributed by atoms with van der Waals surface area (Å²) in [7, 11) is 0. The highest BCUT2D eigenvalue weighted by Crippen LogP contribution is 2.43. The standard InChI is InChI=1S/C14H17BrClNO/c1-2-14(6-3-7-14)9-17-13(18)11-8-10(15)4-5-12(11)16/h4-5,8H,2-3,6-7,9H2,1H3,(H,17,18). The molecule has 1 aromatic carbocycles. The van der Waals surface area contributed by atoms with E-state index in [1.165, 1.54) is 19.3 Å². The molecule has 2 nitrogen and oxygen atoms in total. The summed E-state index contributed by atoms with van der Waals surface area (Å²) in [5, 5.41) is 3.51. The summed E-state index contributed by atoms with van der Waals surface area (Å²) in [4.78, 5) is 12.1. The Labute approximate surface area is 121 Å². The lowest BCUT2D eigenvalue weighted by atomic mass is 9.67. The zero-order chi connectivity index (χ0) is 13.2. The fraction of sp³-hybridized carbons (Fsp3) is 0.500. The highest BCUT2D eigenvalue weighted by Gasteiger charge is 2.35. The summed E-state index contributed by atoms with van der Waals surface area (Å²) in [6.07, 6.45) is 4.84. The molecule has 1 aromatic rings. The van der Waals surface area contributed by atoms with Gasteiger partial charge in [0, 0.05) is 11.0 Å². The second-order valence-electron chi connectivity index (χ2n) is 5.01. The second-order valence-corrected chi connectivity index (χ2v) is 6.34. The number of amides is 1. The van der Waals surface area contributed by atoms with Crippen molar-refractivity contribution >= 4 is 33.4 Å².